The van der Waals surface area contributed by atoms with Crippen molar-refractivity contribution < 1.29 is 36.2 Å². The second kappa shape index (κ2) is 7.92. The second-order valence-corrected chi connectivity index (χ2v) is 7.62. The van der Waals surface area contributed by atoms with Gasteiger partial charge < -0.3 is 20.5 Å². The maximum absolute atomic E-state index is 15.2. The fraction of sp³-hybridized carbons (Fsp3) is 0.350. The third-order valence-corrected chi connectivity index (χ3v) is 5.00. The van der Waals surface area contributed by atoms with Crippen LogP contribution in [0.3, 0.4) is 0 Å². The Labute approximate surface area is 179 Å². The van der Waals surface area contributed by atoms with Crippen molar-refractivity contribution in [2.24, 2.45) is 10.7 Å². The third kappa shape index (κ3) is 4.04. The van der Waals surface area contributed by atoms with Crippen molar-refractivity contribution in [1.29, 1.82) is 0 Å². The van der Waals surface area contributed by atoms with Gasteiger partial charge in [0.25, 0.3) is 11.9 Å². The number of nitrogens with zero attached hydrogens (tertiary/aromatic N) is 2. The van der Waals surface area contributed by atoms with Crippen molar-refractivity contribution in [3.05, 3.63) is 53.6 Å². The molecule has 0 saturated carbocycles. The number of aliphatic imine (C=N–C) groups is 1. The molecule has 1 amide bonds. The number of aromatic nitrogens is 1. The van der Waals surface area contributed by atoms with E-state index < -0.39 is 47.0 Å². The second-order valence-electron chi connectivity index (χ2n) is 7.62. The molecule has 0 bridgehead atoms. The minimum absolute atomic E-state index is 0.0313. The highest BCUT2D eigenvalue weighted by molar-refractivity contribution is 6.02. The van der Waals surface area contributed by atoms with Gasteiger partial charge in [-0.3, -0.25) is 4.79 Å². The minimum Gasteiger partial charge on any atom is -0.453 e. The van der Waals surface area contributed by atoms with Gasteiger partial charge in [0.15, 0.2) is 11.1 Å². The van der Waals surface area contributed by atoms with Gasteiger partial charge in [0.2, 0.25) is 0 Å². The van der Waals surface area contributed by atoms with Gasteiger partial charge in [0.1, 0.15) is 17.3 Å². The van der Waals surface area contributed by atoms with Crippen LogP contribution in [0.2, 0.25) is 0 Å². The zero-order valence-corrected chi connectivity index (χ0v) is 17.1. The number of carbonyl (C=O) groups is 1. The average molecular weight is 458 g/mol. The first kappa shape index (κ1) is 23.2. The summed E-state index contributed by atoms with van der Waals surface area (Å²) in [6.45, 7) is 0.157. The Kier molecular flexibility index (Phi) is 5.75. The van der Waals surface area contributed by atoms with Crippen molar-refractivity contribution in [2.75, 3.05) is 5.32 Å². The van der Waals surface area contributed by atoms with Crippen molar-refractivity contribution in [3.63, 3.8) is 0 Å². The predicted molar refractivity (Wildman–Crippen MR) is 104 cm³/mol. The molecule has 0 aliphatic carbocycles. The van der Waals surface area contributed by atoms with Gasteiger partial charge in [-0.25, -0.2) is 14.4 Å². The zero-order valence-electron chi connectivity index (χ0n) is 17.1. The number of nitrogens with two attached hydrogens (primary N) is 1. The maximum Gasteiger partial charge on any atom is 0.387 e. The zero-order chi connectivity index (χ0) is 23.9. The standard InChI is InChI=1S/C20H19F5N4O3/c1-18(2)20(24,25)19(3,29-17(26)32-18)12-8-10(4-6-13(12)21)28-15(30)14-7-5-11(9-27-14)31-16(22)23/h4-9,16H,1-3H3,(H2,26,29)(H,28,30)/t19-/m1/s1. The molecule has 0 fully saturated rings. The van der Waals surface area contributed by atoms with Gasteiger partial charge in [-0.05, 0) is 51.1 Å². The molecule has 0 spiro atoms. The van der Waals surface area contributed by atoms with Crippen LogP contribution in [-0.4, -0.2) is 35.0 Å². The molecule has 32 heavy (non-hydrogen) atoms. The number of alkyl halides is 4. The van der Waals surface area contributed by atoms with E-state index in [1.165, 1.54) is 0 Å². The summed E-state index contributed by atoms with van der Waals surface area (Å²) in [4.78, 5) is 19.8. The van der Waals surface area contributed by atoms with Crippen LogP contribution in [0.5, 0.6) is 5.75 Å². The van der Waals surface area contributed by atoms with Gasteiger partial charge in [-0.1, -0.05) is 0 Å². The van der Waals surface area contributed by atoms with E-state index >= 15 is 8.78 Å². The number of hydrogen-bond acceptors (Lipinski definition) is 6. The summed E-state index contributed by atoms with van der Waals surface area (Å²) >= 11 is 0. The van der Waals surface area contributed by atoms with E-state index in [-0.39, 0.29) is 17.1 Å². The van der Waals surface area contributed by atoms with Crippen molar-refractivity contribution in [2.45, 2.75) is 44.4 Å². The van der Waals surface area contributed by atoms with Crippen molar-refractivity contribution in [3.8, 4) is 5.75 Å². The normalized spacial score (nSPS) is 21.5. The fourth-order valence-electron chi connectivity index (χ4n) is 3.31. The summed E-state index contributed by atoms with van der Waals surface area (Å²) in [6, 6.07) is 4.75. The molecule has 1 aromatic carbocycles. The molecule has 0 radical (unpaired) electrons. The first-order chi connectivity index (χ1) is 14.8. The molecule has 1 aliphatic rings. The topological polar surface area (TPSA) is 98.8 Å². The highest BCUT2D eigenvalue weighted by atomic mass is 19.3. The molecule has 0 unspecified atom stereocenters. The molecule has 7 nitrogen and oxygen atoms in total. The van der Waals surface area contributed by atoms with Crippen LogP contribution in [0.25, 0.3) is 0 Å². The lowest BCUT2D eigenvalue weighted by atomic mass is 9.77. The average Bonchev–Trinajstić information content (AvgIpc) is 2.67. The number of halogens is 5. The molecule has 1 aliphatic heterocycles. The number of carbonyl (C=O) groups excluding carboxylic acids is 1. The number of amidine groups is 1. The van der Waals surface area contributed by atoms with E-state index in [0.29, 0.717) is 0 Å². The molecule has 0 saturated heterocycles. The van der Waals surface area contributed by atoms with Gasteiger partial charge in [-0.2, -0.15) is 17.6 Å². The summed E-state index contributed by atoms with van der Waals surface area (Å²) in [5, 5.41) is 2.39. The SMILES string of the molecule is CC1(C)OC(N)=N[C@](C)(c2cc(NC(=O)c3ccc(OC(F)F)cn3)ccc2F)C1(F)F. The lowest BCUT2D eigenvalue weighted by molar-refractivity contribution is -0.207. The van der Waals surface area contributed by atoms with Gasteiger partial charge in [0.05, 0.1) is 6.20 Å². The van der Waals surface area contributed by atoms with E-state index in [0.717, 1.165) is 57.3 Å². The molecule has 1 aromatic heterocycles. The quantitative estimate of drug-likeness (QED) is 0.659. The predicted octanol–water partition coefficient (Wildman–Crippen LogP) is 4.05. The fourth-order valence-corrected chi connectivity index (χ4v) is 3.31. The first-order valence-electron chi connectivity index (χ1n) is 9.21. The van der Waals surface area contributed by atoms with Gasteiger partial charge >= 0.3 is 12.5 Å². The van der Waals surface area contributed by atoms with Crippen LogP contribution in [0.4, 0.5) is 27.6 Å². The van der Waals surface area contributed by atoms with Gasteiger partial charge in [-0.15, -0.1) is 0 Å². The molecular formula is C20H19F5N4O3. The van der Waals surface area contributed by atoms with Gasteiger partial charge in [0, 0.05) is 11.3 Å². The highest BCUT2D eigenvalue weighted by Crippen LogP contribution is 2.51. The molecule has 172 valence electrons. The van der Waals surface area contributed by atoms with Crippen LogP contribution in [0.15, 0.2) is 41.5 Å². The summed E-state index contributed by atoms with van der Waals surface area (Å²) in [6.07, 6.45) is 0.917. The van der Waals surface area contributed by atoms with E-state index in [2.05, 4.69) is 20.0 Å². The van der Waals surface area contributed by atoms with E-state index in [1.54, 1.807) is 0 Å². The lowest BCUT2D eigenvalue weighted by Crippen LogP contribution is -2.62. The van der Waals surface area contributed by atoms with E-state index in [1.807, 2.05) is 0 Å². The Morgan fingerprint density at radius 2 is 1.88 bits per heavy atom. The minimum atomic E-state index is -3.69. The molecule has 2 heterocycles. The number of nitrogens with one attached hydrogen (secondary N) is 1. The Hall–Kier alpha value is -3.44. The number of amides is 1. The van der Waals surface area contributed by atoms with Crippen molar-refractivity contribution >= 4 is 17.6 Å². The van der Waals surface area contributed by atoms with Crippen LogP contribution in [-0.2, 0) is 10.3 Å². The third-order valence-electron chi connectivity index (χ3n) is 5.00. The summed E-state index contributed by atoms with van der Waals surface area (Å²) in [7, 11) is 0. The van der Waals surface area contributed by atoms with Crippen LogP contribution >= 0.6 is 0 Å². The summed E-state index contributed by atoms with van der Waals surface area (Å²) in [5.41, 5.74) is 0.313. The largest absolute Gasteiger partial charge is 0.453 e. The molecule has 2 aromatic rings. The Morgan fingerprint density at radius 3 is 2.47 bits per heavy atom. The Balaban J connectivity index is 1.92. The smallest absolute Gasteiger partial charge is 0.387 e. The lowest BCUT2D eigenvalue weighted by Gasteiger charge is -2.46. The molecular weight excluding hydrogens is 439 g/mol. The Morgan fingerprint density at radius 1 is 1.19 bits per heavy atom. The summed E-state index contributed by atoms with van der Waals surface area (Å²) in [5.74, 6) is -5.73. The first-order valence-corrected chi connectivity index (χ1v) is 9.21. The van der Waals surface area contributed by atoms with E-state index in [4.69, 9.17) is 10.5 Å². The number of hydrogen-bond donors (Lipinski definition) is 2. The molecule has 3 rings (SSSR count). The molecule has 12 heteroatoms. The Bertz CT molecular complexity index is 1060. The maximum atomic E-state index is 15.2. The number of rotatable bonds is 5. The monoisotopic (exact) mass is 458 g/mol. The number of anilines is 1. The number of pyridine rings is 1. The number of benzene rings is 1. The van der Waals surface area contributed by atoms with Crippen molar-refractivity contribution in [1.82, 2.24) is 4.98 Å². The molecule has 1 atom stereocenters. The van der Waals surface area contributed by atoms with Crippen LogP contribution < -0.4 is 15.8 Å². The molecule has 3 N–H and O–H groups in total. The highest BCUT2D eigenvalue weighted by Gasteiger charge is 2.66. The van der Waals surface area contributed by atoms with Crippen LogP contribution in [0, 0.1) is 5.82 Å². The van der Waals surface area contributed by atoms with E-state index in [9.17, 15) is 18.0 Å². The van der Waals surface area contributed by atoms with Crippen LogP contribution in [0.1, 0.15) is 36.8 Å². The number of ether oxygens (including phenoxy) is 2. The summed E-state index contributed by atoms with van der Waals surface area (Å²) < 4.78 is 78.6.